The second-order valence-electron chi connectivity index (χ2n) is 3.73. The van der Waals surface area contributed by atoms with Gasteiger partial charge in [0.1, 0.15) is 5.75 Å². The van der Waals surface area contributed by atoms with Gasteiger partial charge in [-0.2, -0.15) is 5.26 Å². The van der Waals surface area contributed by atoms with Crippen LogP contribution in [0, 0.1) is 11.3 Å². The van der Waals surface area contributed by atoms with Gasteiger partial charge in [0.2, 0.25) is 0 Å². The van der Waals surface area contributed by atoms with Crippen LogP contribution in [0.5, 0.6) is 5.75 Å². The van der Waals surface area contributed by atoms with E-state index in [2.05, 4.69) is 6.07 Å². The van der Waals surface area contributed by atoms with Gasteiger partial charge in [0.15, 0.2) is 0 Å². The molecule has 0 atom stereocenters. The summed E-state index contributed by atoms with van der Waals surface area (Å²) in [7, 11) is 1.52. The SMILES string of the molecule is CCOC(=O)Cc1c(OC)ccc(CC)c1C#N. The Kier molecular flexibility index (Phi) is 5.19. The van der Waals surface area contributed by atoms with E-state index in [1.165, 1.54) is 7.11 Å². The van der Waals surface area contributed by atoms with E-state index < -0.39 is 0 Å². The van der Waals surface area contributed by atoms with Crippen LogP contribution in [0.1, 0.15) is 30.5 Å². The summed E-state index contributed by atoms with van der Waals surface area (Å²) in [6.07, 6.45) is 0.802. The molecule has 18 heavy (non-hydrogen) atoms. The van der Waals surface area contributed by atoms with Gasteiger partial charge in [-0.05, 0) is 25.0 Å². The van der Waals surface area contributed by atoms with Crippen molar-refractivity contribution in [1.29, 1.82) is 5.26 Å². The number of methoxy groups -OCH3 is 1. The van der Waals surface area contributed by atoms with Crippen molar-refractivity contribution in [3.05, 3.63) is 28.8 Å². The third-order valence-electron chi connectivity index (χ3n) is 2.70. The summed E-state index contributed by atoms with van der Waals surface area (Å²) in [5.74, 6) is 0.206. The number of hydrogen-bond donors (Lipinski definition) is 0. The highest BCUT2D eigenvalue weighted by Crippen LogP contribution is 2.26. The average molecular weight is 247 g/mol. The van der Waals surface area contributed by atoms with Crippen LogP contribution in [0.25, 0.3) is 0 Å². The van der Waals surface area contributed by atoms with E-state index in [1.54, 1.807) is 13.0 Å². The molecule has 0 fully saturated rings. The van der Waals surface area contributed by atoms with Crippen molar-refractivity contribution >= 4 is 5.97 Å². The molecule has 0 bridgehead atoms. The molecule has 0 unspecified atom stereocenters. The summed E-state index contributed by atoms with van der Waals surface area (Å²) in [6, 6.07) is 5.79. The Morgan fingerprint density at radius 2 is 2.11 bits per heavy atom. The lowest BCUT2D eigenvalue weighted by atomic mass is 9.97. The third-order valence-corrected chi connectivity index (χ3v) is 2.70. The zero-order valence-electron chi connectivity index (χ0n) is 10.9. The van der Waals surface area contributed by atoms with Gasteiger partial charge in [0, 0.05) is 5.56 Å². The van der Waals surface area contributed by atoms with Crippen LogP contribution in [0.3, 0.4) is 0 Å². The first-order chi connectivity index (χ1) is 8.67. The van der Waals surface area contributed by atoms with E-state index in [1.807, 2.05) is 13.0 Å². The quantitative estimate of drug-likeness (QED) is 0.749. The molecule has 0 radical (unpaired) electrons. The Hall–Kier alpha value is -2.02. The Balaban J connectivity index is 3.20. The molecular weight excluding hydrogens is 230 g/mol. The van der Waals surface area contributed by atoms with Gasteiger partial charge in [-0.25, -0.2) is 0 Å². The van der Waals surface area contributed by atoms with Crippen molar-refractivity contribution in [3.63, 3.8) is 0 Å². The van der Waals surface area contributed by atoms with Crippen molar-refractivity contribution in [1.82, 2.24) is 0 Å². The van der Waals surface area contributed by atoms with Gasteiger partial charge < -0.3 is 9.47 Å². The van der Waals surface area contributed by atoms with Crippen LogP contribution in [-0.2, 0) is 22.4 Å². The van der Waals surface area contributed by atoms with Crippen LogP contribution in [0.2, 0.25) is 0 Å². The van der Waals surface area contributed by atoms with E-state index in [-0.39, 0.29) is 12.4 Å². The number of esters is 1. The topological polar surface area (TPSA) is 59.3 Å². The maximum Gasteiger partial charge on any atom is 0.310 e. The molecule has 1 aromatic carbocycles. The maximum absolute atomic E-state index is 11.6. The second-order valence-corrected chi connectivity index (χ2v) is 3.73. The first kappa shape index (κ1) is 14.0. The molecule has 0 aliphatic rings. The van der Waals surface area contributed by atoms with E-state index in [9.17, 15) is 10.1 Å². The predicted octanol–water partition coefficient (Wildman–Crippen LogP) is 2.23. The third kappa shape index (κ3) is 3.01. The smallest absolute Gasteiger partial charge is 0.310 e. The Labute approximate surface area is 107 Å². The molecule has 1 rings (SSSR count). The Morgan fingerprint density at radius 3 is 2.61 bits per heavy atom. The fourth-order valence-electron chi connectivity index (χ4n) is 1.83. The zero-order valence-corrected chi connectivity index (χ0v) is 10.9. The lowest BCUT2D eigenvalue weighted by Gasteiger charge is -2.12. The molecule has 0 N–H and O–H groups in total. The number of aryl methyl sites for hydroxylation is 1. The number of rotatable bonds is 5. The molecule has 96 valence electrons. The normalized spacial score (nSPS) is 9.67. The van der Waals surface area contributed by atoms with Gasteiger partial charge in [0.05, 0.1) is 31.8 Å². The van der Waals surface area contributed by atoms with E-state index in [0.29, 0.717) is 23.5 Å². The number of benzene rings is 1. The zero-order chi connectivity index (χ0) is 13.5. The van der Waals surface area contributed by atoms with Crippen molar-refractivity contribution in [2.75, 3.05) is 13.7 Å². The molecule has 0 saturated carbocycles. The monoisotopic (exact) mass is 247 g/mol. The van der Waals surface area contributed by atoms with E-state index >= 15 is 0 Å². The highest BCUT2D eigenvalue weighted by atomic mass is 16.5. The molecule has 4 heteroatoms. The summed E-state index contributed by atoms with van der Waals surface area (Å²) < 4.78 is 10.1. The standard InChI is InChI=1S/C14H17NO3/c1-4-10-6-7-13(17-3)11(12(10)9-15)8-14(16)18-5-2/h6-7H,4-5,8H2,1-3H3. The fraction of sp³-hybridized carbons (Fsp3) is 0.429. The molecular formula is C14H17NO3. The summed E-state index contributed by atoms with van der Waals surface area (Å²) >= 11 is 0. The summed E-state index contributed by atoms with van der Waals surface area (Å²) in [5, 5.41) is 9.24. The van der Waals surface area contributed by atoms with Gasteiger partial charge >= 0.3 is 5.97 Å². The van der Waals surface area contributed by atoms with Gasteiger partial charge in [0.25, 0.3) is 0 Å². The molecule has 0 aliphatic heterocycles. The minimum atomic E-state index is -0.347. The summed E-state index contributed by atoms with van der Waals surface area (Å²) in [5.41, 5.74) is 2.04. The number of carbonyl (C=O) groups is 1. The molecule has 4 nitrogen and oxygen atoms in total. The predicted molar refractivity (Wildman–Crippen MR) is 67.4 cm³/mol. The number of hydrogen-bond acceptors (Lipinski definition) is 4. The second kappa shape index (κ2) is 6.65. The number of ether oxygens (including phenoxy) is 2. The van der Waals surface area contributed by atoms with Gasteiger partial charge in [-0.3, -0.25) is 4.79 Å². The summed E-state index contributed by atoms with van der Waals surface area (Å²) in [6.45, 7) is 4.05. The van der Waals surface area contributed by atoms with Crippen LogP contribution in [0.15, 0.2) is 12.1 Å². The molecule has 1 aromatic rings. The first-order valence-electron chi connectivity index (χ1n) is 5.92. The Morgan fingerprint density at radius 1 is 1.39 bits per heavy atom. The fourth-order valence-corrected chi connectivity index (χ4v) is 1.83. The highest BCUT2D eigenvalue weighted by Gasteiger charge is 2.16. The van der Waals surface area contributed by atoms with E-state index in [0.717, 1.165) is 12.0 Å². The lowest BCUT2D eigenvalue weighted by molar-refractivity contribution is -0.142. The minimum Gasteiger partial charge on any atom is -0.496 e. The van der Waals surface area contributed by atoms with Crippen LogP contribution in [0.4, 0.5) is 0 Å². The number of carbonyl (C=O) groups excluding carboxylic acids is 1. The van der Waals surface area contributed by atoms with Crippen LogP contribution >= 0.6 is 0 Å². The van der Waals surface area contributed by atoms with E-state index in [4.69, 9.17) is 9.47 Å². The average Bonchev–Trinajstić information content (AvgIpc) is 2.38. The van der Waals surface area contributed by atoms with Crippen LogP contribution in [-0.4, -0.2) is 19.7 Å². The van der Waals surface area contributed by atoms with Gasteiger partial charge in [-0.15, -0.1) is 0 Å². The molecule has 0 heterocycles. The molecule has 0 spiro atoms. The van der Waals surface area contributed by atoms with Crippen molar-refractivity contribution in [3.8, 4) is 11.8 Å². The van der Waals surface area contributed by atoms with Crippen molar-refractivity contribution in [2.45, 2.75) is 26.7 Å². The molecule has 0 aromatic heterocycles. The largest absolute Gasteiger partial charge is 0.496 e. The Bertz CT molecular complexity index is 475. The molecule has 0 saturated heterocycles. The van der Waals surface area contributed by atoms with Crippen molar-refractivity contribution < 1.29 is 14.3 Å². The number of nitriles is 1. The molecule has 0 amide bonds. The van der Waals surface area contributed by atoms with Crippen molar-refractivity contribution in [2.24, 2.45) is 0 Å². The highest BCUT2D eigenvalue weighted by molar-refractivity contribution is 5.75. The molecule has 0 aliphatic carbocycles. The van der Waals surface area contributed by atoms with Crippen LogP contribution < -0.4 is 4.74 Å². The number of nitrogens with zero attached hydrogens (tertiary/aromatic N) is 1. The minimum absolute atomic E-state index is 0.0632. The first-order valence-corrected chi connectivity index (χ1v) is 5.92. The lowest BCUT2D eigenvalue weighted by Crippen LogP contribution is -2.11. The summed E-state index contributed by atoms with van der Waals surface area (Å²) in [4.78, 5) is 11.6. The maximum atomic E-state index is 11.6. The van der Waals surface area contributed by atoms with Gasteiger partial charge in [-0.1, -0.05) is 13.0 Å².